The first-order chi connectivity index (χ1) is 14.0. The Morgan fingerprint density at radius 2 is 1.93 bits per heavy atom. The maximum Gasteiger partial charge on any atom is 0.256 e. The first-order valence-electron chi connectivity index (χ1n) is 10.6. The molecule has 0 aliphatic carbocycles. The van der Waals surface area contributed by atoms with E-state index < -0.39 is 12.1 Å². The van der Waals surface area contributed by atoms with Crippen molar-refractivity contribution in [3.05, 3.63) is 35.4 Å². The highest BCUT2D eigenvalue weighted by atomic mass is 32.2. The fourth-order valence-electron chi connectivity index (χ4n) is 4.49. The largest absolute Gasteiger partial charge is 0.342 e. The summed E-state index contributed by atoms with van der Waals surface area (Å²) in [4.78, 5) is 42.9. The molecule has 1 aromatic carbocycles. The van der Waals surface area contributed by atoms with Crippen LogP contribution in [0.4, 0.5) is 0 Å². The van der Waals surface area contributed by atoms with Crippen molar-refractivity contribution in [3.8, 4) is 0 Å². The molecule has 3 aliphatic heterocycles. The van der Waals surface area contributed by atoms with Gasteiger partial charge < -0.3 is 15.1 Å². The van der Waals surface area contributed by atoms with Crippen LogP contribution in [0.25, 0.3) is 0 Å². The second kappa shape index (κ2) is 8.38. The van der Waals surface area contributed by atoms with Crippen molar-refractivity contribution in [3.63, 3.8) is 0 Å². The first-order valence-corrected chi connectivity index (χ1v) is 11.7. The molecular weight excluding hydrogens is 386 g/mol. The van der Waals surface area contributed by atoms with E-state index in [-0.39, 0.29) is 29.0 Å². The number of fused-ring (bicyclic) bond motifs is 3. The van der Waals surface area contributed by atoms with Gasteiger partial charge >= 0.3 is 0 Å². The van der Waals surface area contributed by atoms with Gasteiger partial charge in [0.25, 0.3) is 5.91 Å². The van der Waals surface area contributed by atoms with Crippen molar-refractivity contribution in [2.24, 2.45) is 5.92 Å². The van der Waals surface area contributed by atoms with Crippen LogP contribution in [0.15, 0.2) is 24.3 Å². The second-order valence-electron chi connectivity index (χ2n) is 8.26. The van der Waals surface area contributed by atoms with Crippen LogP contribution in [-0.4, -0.2) is 58.4 Å². The smallest absolute Gasteiger partial charge is 0.256 e. The van der Waals surface area contributed by atoms with Crippen molar-refractivity contribution in [1.82, 2.24) is 15.1 Å². The topological polar surface area (TPSA) is 69.7 Å². The van der Waals surface area contributed by atoms with Crippen molar-refractivity contribution in [2.45, 2.75) is 57.0 Å². The minimum absolute atomic E-state index is 0.0191. The second-order valence-corrected chi connectivity index (χ2v) is 9.37. The summed E-state index contributed by atoms with van der Waals surface area (Å²) < 4.78 is 0. The number of rotatable bonds is 5. The molecular formula is C22H29N3O3S. The number of benzene rings is 1. The number of carbonyl (C=O) groups is 3. The van der Waals surface area contributed by atoms with E-state index in [0.29, 0.717) is 11.3 Å². The fourth-order valence-corrected chi connectivity index (χ4v) is 5.95. The molecule has 3 amide bonds. The number of carbonyl (C=O) groups excluding carboxylic acids is 3. The highest BCUT2D eigenvalue weighted by Crippen LogP contribution is 2.48. The van der Waals surface area contributed by atoms with E-state index in [9.17, 15) is 14.4 Å². The summed E-state index contributed by atoms with van der Waals surface area (Å²) in [6, 6.07) is 6.51. The minimum Gasteiger partial charge on any atom is -0.342 e. The Morgan fingerprint density at radius 1 is 1.21 bits per heavy atom. The first kappa shape index (κ1) is 20.3. The molecule has 7 heteroatoms. The molecule has 0 bridgehead atoms. The summed E-state index contributed by atoms with van der Waals surface area (Å²) in [5, 5.41) is 2.93. The van der Waals surface area contributed by atoms with Crippen LogP contribution in [0.5, 0.6) is 0 Å². The Morgan fingerprint density at radius 3 is 2.66 bits per heavy atom. The quantitative estimate of drug-likeness (QED) is 0.803. The van der Waals surface area contributed by atoms with Crippen molar-refractivity contribution in [2.75, 3.05) is 18.8 Å². The molecule has 4 atom stereocenters. The Labute approximate surface area is 176 Å². The summed E-state index contributed by atoms with van der Waals surface area (Å²) in [6.07, 6.45) is 4.01. The number of hydrogen-bond acceptors (Lipinski definition) is 4. The molecule has 2 saturated heterocycles. The summed E-state index contributed by atoms with van der Waals surface area (Å²) in [5.74, 6) is 0.326. The molecule has 0 radical (unpaired) electrons. The molecule has 1 aromatic rings. The van der Waals surface area contributed by atoms with Crippen molar-refractivity contribution >= 4 is 29.5 Å². The van der Waals surface area contributed by atoms with Gasteiger partial charge in [0.15, 0.2) is 0 Å². The molecule has 1 N–H and O–H groups in total. The molecule has 3 heterocycles. The van der Waals surface area contributed by atoms with E-state index in [2.05, 4.69) is 5.32 Å². The molecule has 3 aliphatic rings. The van der Waals surface area contributed by atoms with Crippen molar-refractivity contribution in [1.29, 1.82) is 0 Å². The maximum absolute atomic E-state index is 13.2. The lowest BCUT2D eigenvalue weighted by molar-refractivity contribution is -0.139. The highest BCUT2D eigenvalue weighted by molar-refractivity contribution is 7.99. The zero-order valence-electron chi connectivity index (χ0n) is 17.1. The average molecular weight is 416 g/mol. The Balaban J connectivity index is 1.50. The SMILES string of the molecule is CC[C@H](C)[C@H](NC(=O)[C@@H]1CS[C@H]2c3ccccc3C(=O)N12)C(=O)N1CCCCC1. The van der Waals surface area contributed by atoms with E-state index in [1.807, 2.05) is 43.0 Å². The van der Waals surface area contributed by atoms with Gasteiger partial charge in [0.05, 0.1) is 0 Å². The third-order valence-electron chi connectivity index (χ3n) is 6.44. The third kappa shape index (κ3) is 3.65. The van der Waals surface area contributed by atoms with Crippen LogP contribution < -0.4 is 5.32 Å². The molecule has 6 nitrogen and oxygen atoms in total. The molecule has 0 spiro atoms. The fraction of sp³-hybridized carbons (Fsp3) is 0.591. The van der Waals surface area contributed by atoms with E-state index in [1.165, 1.54) is 0 Å². The number of likely N-dealkylation sites (tertiary alicyclic amines) is 1. The van der Waals surface area contributed by atoms with Crippen LogP contribution >= 0.6 is 11.8 Å². The third-order valence-corrected chi connectivity index (χ3v) is 7.74. The summed E-state index contributed by atoms with van der Waals surface area (Å²) in [5.41, 5.74) is 1.67. The monoisotopic (exact) mass is 415 g/mol. The Kier molecular flexibility index (Phi) is 5.86. The predicted molar refractivity (Wildman–Crippen MR) is 113 cm³/mol. The van der Waals surface area contributed by atoms with Gasteiger partial charge in [0, 0.05) is 24.4 Å². The number of thioether (sulfide) groups is 1. The number of nitrogens with zero attached hydrogens (tertiary/aromatic N) is 2. The van der Waals surface area contributed by atoms with Crippen LogP contribution in [0.3, 0.4) is 0 Å². The summed E-state index contributed by atoms with van der Waals surface area (Å²) in [7, 11) is 0. The van der Waals surface area contributed by atoms with Gasteiger partial charge in [-0.1, -0.05) is 38.5 Å². The zero-order chi connectivity index (χ0) is 20.5. The van der Waals surface area contributed by atoms with Crippen LogP contribution in [0.1, 0.15) is 60.8 Å². The van der Waals surface area contributed by atoms with Gasteiger partial charge in [-0.3, -0.25) is 14.4 Å². The van der Waals surface area contributed by atoms with Crippen LogP contribution in [0.2, 0.25) is 0 Å². The van der Waals surface area contributed by atoms with Gasteiger partial charge in [-0.2, -0.15) is 0 Å². The van der Waals surface area contributed by atoms with E-state index in [0.717, 1.165) is 44.3 Å². The standard InChI is InChI=1S/C22H29N3O3S/c1-3-14(2)18(21(28)24-11-7-4-8-12-24)23-19(26)17-13-29-22-16-10-6-5-9-15(16)20(27)25(17)22/h5-6,9-10,14,17-18,22H,3-4,7-8,11-13H2,1-2H3,(H,23,26)/t14-,17-,18-,22-/m0/s1. The van der Waals surface area contributed by atoms with Gasteiger partial charge in [0.1, 0.15) is 17.5 Å². The Bertz CT molecular complexity index is 808. The van der Waals surface area contributed by atoms with Gasteiger partial charge in [0.2, 0.25) is 11.8 Å². The predicted octanol–water partition coefficient (Wildman–Crippen LogP) is 2.80. The normalized spacial score (nSPS) is 25.4. The van der Waals surface area contributed by atoms with Crippen molar-refractivity contribution < 1.29 is 14.4 Å². The molecule has 4 rings (SSSR count). The summed E-state index contributed by atoms with van der Waals surface area (Å²) in [6.45, 7) is 5.58. The highest BCUT2D eigenvalue weighted by Gasteiger charge is 2.49. The van der Waals surface area contributed by atoms with Gasteiger partial charge in [-0.15, -0.1) is 11.8 Å². The van der Waals surface area contributed by atoms with Crippen LogP contribution in [0, 0.1) is 5.92 Å². The lowest BCUT2D eigenvalue weighted by Crippen LogP contribution is -2.56. The number of hydrogen-bond donors (Lipinski definition) is 1. The Hall–Kier alpha value is -2.02. The van der Waals surface area contributed by atoms with E-state index >= 15 is 0 Å². The lowest BCUT2D eigenvalue weighted by Gasteiger charge is -2.34. The van der Waals surface area contributed by atoms with Crippen LogP contribution in [-0.2, 0) is 9.59 Å². The molecule has 0 saturated carbocycles. The lowest BCUT2D eigenvalue weighted by atomic mass is 9.96. The number of amides is 3. The van der Waals surface area contributed by atoms with Gasteiger partial charge in [-0.25, -0.2) is 0 Å². The molecule has 29 heavy (non-hydrogen) atoms. The average Bonchev–Trinajstić information content (AvgIpc) is 3.32. The van der Waals surface area contributed by atoms with Gasteiger partial charge in [-0.05, 0) is 36.8 Å². The molecule has 0 aromatic heterocycles. The molecule has 2 fully saturated rings. The molecule has 0 unspecified atom stereocenters. The number of nitrogens with one attached hydrogen (secondary N) is 1. The molecule has 156 valence electrons. The zero-order valence-corrected chi connectivity index (χ0v) is 17.9. The maximum atomic E-state index is 13.2. The van der Waals surface area contributed by atoms with E-state index in [1.54, 1.807) is 16.7 Å². The van der Waals surface area contributed by atoms with E-state index in [4.69, 9.17) is 0 Å². The summed E-state index contributed by atoms with van der Waals surface area (Å²) >= 11 is 1.62. The minimum atomic E-state index is -0.536. The number of piperidine rings is 1.